The molecule has 1 rings (SSSR count). The highest BCUT2D eigenvalue weighted by Crippen LogP contribution is 2.21. The maximum absolute atomic E-state index is 11.1. The second-order valence-corrected chi connectivity index (χ2v) is 3.34. The first kappa shape index (κ1) is 7.54. The molecule has 1 saturated heterocycles. The molecular formula is C7H14N2O. The van der Waals surface area contributed by atoms with Gasteiger partial charge in [-0.15, -0.1) is 0 Å². The zero-order chi connectivity index (χ0) is 7.78. The molecule has 0 radical (unpaired) electrons. The van der Waals surface area contributed by atoms with Crippen LogP contribution in [-0.2, 0) is 4.79 Å². The summed E-state index contributed by atoms with van der Waals surface area (Å²) >= 11 is 0. The van der Waals surface area contributed by atoms with Crippen LogP contribution in [-0.4, -0.2) is 24.0 Å². The Kier molecular flexibility index (Phi) is 1.68. The molecule has 1 amide bonds. The Hall–Kier alpha value is -0.570. The standard InChI is InChI=1S/C7H14N2O/c1-4-9-5-7(2,3)6(10)8-9/h4-5H2,1-3H3,(H,8,10). The molecule has 3 nitrogen and oxygen atoms in total. The average molecular weight is 142 g/mol. The molecule has 1 aliphatic rings. The van der Waals surface area contributed by atoms with E-state index in [1.807, 2.05) is 25.8 Å². The molecule has 0 spiro atoms. The maximum Gasteiger partial charge on any atom is 0.241 e. The Balaban J connectivity index is 2.62. The van der Waals surface area contributed by atoms with E-state index >= 15 is 0 Å². The van der Waals surface area contributed by atoms with E-state index in [0.717, 1.165) is 13.1 Å². The summed E-state index contributed by atoms with van der Waals surface area (Å²) in [6, 6.07) is 0. The largest absolute Gasteiger partial charge is 0.288 e. The van der Waals surface area contributed by atoms with Crippen LogP contribution in [0.25, 0.3) is 0 Å². The predicted octanol–water partition coefficient (Wildman–Crippen LogP) is 0.379. The molecule has 0 saturated carbocycles. The van der Waals surface area contributed by atoms with Gasteiger partial charge < -0.3 is 0 Å². The molecule has 0 aromatic rings. The van der Waals surface area contributed by atoms with Crippen molar-refractivity contribution >= 4 is 5.91 Å². The van der Waals surface area contributed by atoms with Crippen LogP contribution in [0.3, 0.4) is 0 Å². The molecule has 1 heterocycles. The Labute approximate surface area is 61.4 Å². The van der Waals surface area contributed by atoms with E-state index in [9.17, 15) is 4.79 Å². The Morgan fingerprint density at radius 3 is 2.50 bits per heavy atom. The molecule has 10 heavy (non-hydrogen) atoms. The summed E-state index contributed by atoms with van der Waals surface area (Å²) in [7, 11) is 0. The lowest BCUT2D eigenvalue weighted by molar-refractivity contribution is -0.126. The van der Waals surface area contributed by atoms with Gasteiger partial charge in [0.1, 0.15) is 0 Å². The smallest absolute Gasteiger partial charge is 0.241 e. The van der Waals surface area contributed by atoms with Crippen molar-refractivity contribution in [2.24, 2.45) is 5.41 Å². The molecule has 0 aliphatic carbocycles. The summed E-state index contributed by atoms with van der Waals surface area (Å²) in [5.74, 6) is 0.134. The number of rotatable bonds is 1. The molecule has 3 heteroatoms. The van der Waals surface area contributed by atoms with Gasteiger partial charge in [-0.05, 0) is 13.8 Å². The molecule has 1 fully saturated rings. The van der Waals surface area contributed by atoms with Crippen LogP contribution in [0.15, 0.2) is 0 Å². The van der Waals surface area contributed by atoms with Crippen molar-refractivity contribution in [1.29, 1.82) is 0 Å². The first-order valence-corrected chi connectivity index (χ1v) is 3.62. The Morgan fingerprint density at radius 1 is 1.70 bits per heavy atom. The van der Waals surface area contributed by atoms with Gasteiger partial charge in [-0.25, -0.2) is 5.01 Å². The van der Waals surface area contributed by atoms with Crippen LogP contribution in [0.2, 0.25) is 0 Å². The molecule has 0 aromatic heterocycles. The Bertz CT molecular complexity index is 154. The highest BCUT2D eigenvalue weighted by molar-refractivity contribution is 5.83. The van der Waals surface area contributed by atoms with Crippen molar-refractivity contribution < 1.29 is 4.79 Å². The fourth-order valence-electron chi connectivity index (χ4n) is 1.07. The third kappa shape index (κ3) is 1.14. The predicted molar refractivity (Wildman–Crippen MR) is 39.2 cm³/mol. The van der Waals surface area contributed by atoms with Crippen molar-refractivity contribution in [1.82, 2.24) is 10.4 Å². The minimum Gasteiger partial charge on any atom is -0.288 e. The highest BCUT2D eigenvalue weighted by Gasteiger charge is 2.36. The van der Waals surface area contributed by atoms with Gasteiger partial charge in [0, 0.05) is 13.1 Å². The van der Waals surface area contributed by atoms with Gasteiger partial charge in [0.05, 0.1) is 5.41 Å². The molecule has 0 atom stereocenters. The maximum atomic E-state index is 11.1. The van der Waals surface area contributed by atoms with Gasteiger partial charge in [0.25, 0.3) is 0 Å². The van der Waals surface area contributed by atoms with E-state index in [2.05, 4.69) is 5.43 Å². The topological polar surface area (TPSA) is 32.3 Å². The molecule has 0 bridgehead atoms. The summed E-state index contributed by atoms with van der Waals surface area (Å²) in [5, 5.41) is 1.93. The highest BCUT2D eigenvalue weighted by atomic mass is 16.2. The van der Waals surface area contributed by atoms with Crippen molar-refractivity contribution in [3.63, 3.8) is 0 Å². The van der Waals surface area contributed by atoms with E-state index in [1.54, 1.807) is 0 Å². The molecular weight excluding hydrogens is 128 g/mol. The van der Waals surface area contributed by atoms with Gasteiger partial charge >= 0.3 is 0 Å². The molecule has 1 aliphatic heterocycles. The fourth-order valence-corrected chi connectivity index (χ4v) is 1.07. The minimum atomic E-state index is -0.198. The fraction of sp³-hybridized carbons (Fsp3) is 0.857. The number of nitrogens with one attached hydrogen (secondary N) is 1. The van der Waals surface area contributed by atoms with Crippen LogP contribution in [0.5, 0.6) is 0 Å². The average Bonchev–Trinajstić information content (AvgIpc) is 2.08. The number of hydrogen-bond acceptors (Lipinski definition) is 2. The lowest BCUT2D eigenvalue weighted by Gasteiger charge is -2.13. The van der Waals surface area contributed by atoms with Crippen LogP contribution >= 0.6 is 0 Å². The zero-order valence-electron chi connectivity index (χ0n) is 6.77. The number of hydrazine groups is 1. The molecule has 0 aromatic carbocycles. The second kappa shape index (κ2) is 2.23. The first-order chi connectivity index (χ1) is 4.56. The first-order valence-electron chi connectivity index (χ1n) is 3.62. The quantitative estimate of drug-likeness (QED) is 0.574. The van der Waals surface area contributed by atoms with Crippen molar-refractivity contribution in [2.45, 2.75) is 20.8 Å². The van der Waals surface area contributed by atoms with Gasteiger partial charge in [0.2, 0.25) is 5.91 Å². The van der Waals surface area contributed by atoms with E-state index in [4.69, 9.17) is 0 Å². The summed E-state index contributed by atoms with van der Waals surface area (Å²) < 4.78 is 0. The summed E-state index contributed by atoms with van der Waals surface area (Å²) in [4.78, 5) is 11.1. The second-order valence-electron chi connectivity index (χ2n) is 3.34. The molecule has 1 N–H and O–H groups in total. The normalized spacial score (nSPS) is 24.9. The lowest BCUT2D eigenvalue weighted by Crippen LogP contribution is -2.32. The number of carbonyl (C=O) groups excluding carboxylic acids is 1. The molecule has 0 unspecified atom stereocenters. The van der Waals surface area contributed by atoms with Gasteiger partial charge in [0.15, 0.2) is 0 Å². The van der Waals surface area contributed by atoms with Crippen LogP contribution in [0.1, 0.15) is 20.8 Å². The van der Waals surface area contributed by atoms with Gasteiger partial charge in [-0.3, -0.25) is 10.2 Å². The number of carbonyl (C=O) groups is 1. The van der Waals surface area contributed by atoms with Crippen LogP contribution in [0, 0.1) is 5.41 Å². The lowest BCUT2D eigenvalue weighted by atomic mass is 9.94. The monoisotopic (exact) mass is 142 g/mol. The summed E-state index contributed by atoms with van der Waals surface area (Å²) in [5.41, 5.74) is 2.59. The van der Waals surface area contributed by atoms with Gasteiger partial charge in [-0.1, -0.05) is 6.92 Å². The number of amides is 1. The number of hydrogen-bond donors (Lipinski definition) is 1. The van der Waals surface area contributed by atoms with Crippen molar-refractivity contribution in [3.05, 3.63) is 0 Å². The minimum absolute atomic E-state index is 0.134. The number of nitrogens with zero attached hydrogens (tertiary/aromatic N) is 1. The van der Waals surface area contributed by atoms with E-state index in [1.165, 1.54) is 0 Å². The van der Waals surface area contributed by atoms with E-state index in [0.29, 0.717) is 0 Å². The van der Waals surface area contributed by atoms with Gasteiger partial charge in [-0.2, -0.15) is 0 Å². The SMILES string of the molecule is CCN1CC(C)(C)C(=O)N1. The van der Waals surface area contributed by atoms with Crippen molar-refractivity contribution in [2.75, 3.05) is 13.1 Å². The Morgan fingerprint density at radius 2 is 2.30 bits per heavy atom. The summed E-state index contributed by atoms with van der Waals surface area (Å²) in [6.45, 7) is 7.65. The zero-order valence-corrected chi connectivity index (χ0v) is 6.77. The van der Waals surface area contributed by atoms with Crippen LogP contribution < -0.4 is 5.43 Å². The summed E-state index contributed by atoms with van der Waals surface area (Å²) in [6.07, 6.45) is 0. The van der Waals surface area contributed by atoms with E-state index < -0.39 is 0 Å². The third-order valence-corrected chi connectivity index (χ3v) is 1.84. The van der Waals surface area contributed by atoms with Crippen molar-refractivity contribution in [3.8, 4) is 0 Å². The van der Waals surface area contributed by atoms with Crippen LogP contribution in [0.4, 0.5) is 0 Å². The van der Waals surface area contributed by atoms with E-state index in [-0.39, 0.29) is 11.3 Å². The third-order valence-electron chi connectivity index (χ3n) is 1.84. The molecule has 58 valence electrons.